The molecular formula is C21H24Br2FN3O2. The highest BCUT2D eigenvalue weighted by molar-refractivity contribution is 9.11. The molecule has 0 aromatic heterocycles. The molecule has 2 atom stereocenters. The maximum atomic E-state index is 13.1. The van der Waals surface area contributed by atoms with Gasteiger partial charge in [0.15, 0.2) is 6.61 Å². The van der Waals surface area contributed by atoms with Crippen LogP contribution in [-0.2, 0) is 11.3 Å². The maximum absolute atomic E-state index is 13.1. The lowest BCUT2D eigenvalue weighted by Gasteiger charge is -2.44. The van der Waals surface area contributed by atoms with Gasteiger partial charge in [0, 0.05) is 37.4 Å². The smallest absolute Gasteiger partial charge is 0.260 e. The van der Waals surface area contributed by atoms with E-state index in [1.807, 2.05) is 11.8 Å². The van der Waals surface area contributed by atoms with Crippen molar-refractivity contribution in [1.29, 1.82) is 0 Å². The number of carbonyl (C=O) groups is 1. The highest BCUT2D eigenvalue weighted by atomic mass is 79.9. The SMILES string of the molecule is C[C@@H]1CN(C(=O)COc2c(Br)cc(N)cc2Br)[C@@H](C)CN1Cc1ccc(F)cc1. The molecule has 3 rings (SSSR count). The normalized spacial score (nSPS) is 20.0. The summed E-state index contributed by atoms with van der Waals surface area (Å²) in [5.74, 6) is 0.273. The van der Waals surface area contributed by atoms with Crippen LogP contribution in [0.25, 0.3) is 0 Å². The summed E-state index contributed by atoms with van der Waals surface area (Å²) >= 11 is 6.84. The van der Waals surface area contributed by atoms with Crippen LogP contribution in [0.15, 0.2) is 45.3 Å². The molecule has 29 heavy (non-hydrogen) atoms. The third-order valence-corrected chi connectivity index (χ3v) is 6.27. The van der Waals surface area contributed by atoms with Gasteiger partial charge in [0.2, 0.25) is 0 Å². The Morgan fingerprint density at radius 1 is 1.14 bits per heavy atom. The van der Waals surface area contributed by atoms with E-state index < -0.39 is 0 Å². The quantitative estimate of drug-likeness (QED) is 0.583. The molecule has 1 saturated heterocycles. The minimum atomic E-state index is -0.232. The molecule has 1 heterocycles. The predicted molar refractivity (Wildman–Crippen MR) is 119 cm³/mol. The van der Waals surface area contributed by atoms with Gasteiger partial charge in [-0.05, 0) is 75.5 Å². The van der Waals surface area contributed by atoms with Gasteiger partial charge in [-0.2, -0.15) is 0 Å². The molecule has 1 aliphatic heterocycles. The van der Waals surface area contributed by atoms with Crippen LogP contribution in [0.4, 0.5) is 10.1 Å². The molecule has 2 aromatic rings. The van der Waals surface area contributed by atoms with Crippen molar-refractivity contribution in [2.24, 2.45) is 0 Å². The zero-order chi connectivity index (χ0) is 21.1. The van der Waals surface area contributed by atoms with Crippen molar-refractivity contribution in [2.75, 3.05) is 25.4 Å². The minimum absolute atomic E-state index is 0.0455. The van der Waals surface area contributed by atoms with E-state index >= 15 is 0 Å². The number of amides is 1. The van der Waals surface area contributed by atoms with Gasteiger partial charge in [-0.25, -0.2) is 4.39 Å². The number of nitrogens with zero attached hydrogens (tertiary/aromatic N) is 2. The number of halogens is 3. The first-order chi connectivity index (χ1) is 13.7. The molecule has 156 valence electrons. The van der Waals surface area contributed by atoms with Crippen molar-refractivity contribution in [3.05, 3.63) is 56.7 Å². The highest BCUT2D eigenvalue weighted by Gasteiger charge is 2.32. The summed E-state index contributed by atoms with van der Waals surface area (Å²) in [4.78, 5) is 17.0. The molecule has 8 heteroatoms. The van der Waals surface area contributed by atoms with Gasteiger partial charge in [-0.15, -0.1) is 0 Å². The van der Waals surface area contributed by atoms with Gasteiger partial charge in [0.1, 0.15) is 11.6 Å². The van der Waals surface area contributed by atoms with Crippen molar-refractivity contribution >= 4 is 43.5 Å². The van der Waals surface area contributed by atoms with E-state index in [1.165, 1.54) is 12.1 Å². The number of ether oxygens (including phenoxy) is 1. The average Bonchev–Trinajstić information content (AvgIpc) is 2.65. The van der Waals surface area contributed by atoms with Gasteiger partial charge in [0.05, 0.1) is 8.95 Å². The maximum Gasteiger partial charge on any atom is 0.260 e. The Morgan fingerprint density at radius 2 is 1.76 bits per heavy atom. The molecule has 0 aliphatic carbocycles. The number of carbonyl (C=O) groups excluding carboxylic acids is 1. The molecule has 0 bridgehead atoms. The Bertz CT molecular complexity index is 856. The summed E-state index contributed by atoms with van der Waals surface area (Å²) in [6.45, 7) is 6.19. The third kappa shape index (κ3) is 5.49. The van der Waals surface area contributed by atoms with Crippen LogP contribution in [0.3, 0.4) is 0 Å². The fraction of sp³-hybridized carbons (Fsp3) is 0.381. The van der Waals surface area contributed by atoms with Crippen LogP contribution < -0.4 is 10.5 Å². The van der Waals surface area contributed by atoms with E-state index in [-0.39, 0.29) is 30.4 Å². The Kier molecular flexibility index (Phi) is 7.19. The van der Waals surface area contributed by atoms with Gasteiger partial charge >= 0.3 is 0 Å². The zero-order valence-corrected chi connectivity index (χ0v) is 19.5. The van der Waals surface area contributed by atoms with E-state index in [1.54, 1.807) is 24.3 Å². The van der Waals surface area contributed by atoms with Crippen LogP contribution in [0, 0.1) is 5.82 Å². The molecule has 0 radical (unpaired) electrons. The Hall–Kier alpha value is -1.64. The average molecular weight is 529 g/mol. The van der Waals surface area contributed by atoms with Crippen LogP contribution in [0.2, 0.25) is 0 Å². The Balaban J connectivity index is 1.59. The van der Waals surface area contributed by atoms with E-state index in [4.69, 9.17) is 10.5 Å². The second-order valence-electron chi connectivity index (χ2n) is 7.40. The number of benzene rings is 2. The van der Waals surface area contributed by atoms with E-state index in [0.717, 1.165) is 18.7 Å². The molecule has 5 nitrogen and oxygen atoms in total. The lowest BCUT2D eigenvalue weighted by Crippen LogP contribution is -2.58. The topological polar surface area (TPSA) is 58.8 Å². The van der Waals surface area contributed by atoms with Crippen molar-refractivity contribution < 1.29 is 13.9 Å². The van der Waals surface area contributed by atoms with Gasteiger partial charge in [-0.1, -0.05) is 12.1 Å². The zero-order valence-electron chi connectivity index (χ0n) is 16.4. The molecule has 1 aliphatic rings. The monoisotopic (exact) mass is 527 g/mol. The molecule has 2 aromatic carbocycles. The summed E-state index contributed by atoms with van der Waals surface area (Å²) in [7, 11) is 0. The number of nitrogens with two attached hydrogens (primary N) is 1. The number of nitrogen functional groups attached to an aromatic ring is 1. The summed E-state index contributed by atoms with van der Waals surface area (Å²) in [5, 5.41) is 0. The highest BCUT2D eigenvalue weighted by Crippen LogP contribution is 2.35. The number of rotatable bonds is 5. The fourth-order valence-electron chi connectivity index (χ4n) is 3.52. The van der Waals surface area contributed by atoms with Crippen LogP contribution in [0.1, 0.15) is 19.4 Å². The number of hydrogen-bond donors (Lipinski definition) is 1. The van der Waals surface area contributed by atoms with E-state index in [0.29, 0.717) is 26.9 Å². The number of hydrogen-bond acceptors (Lipinski definition) is 4. The predicted octanol–water partition coefficient (Wildman–Crippen LogP) is 4.43. The first kappa shape index (κ1) is 22.1. The molecule has 1 fully saturated rings. The Morgan fingerprint density at radius 3 is 2.38 bits per heavy atom. The van der Waals surface area contributed by atoms with Crippen molar-refractivity contribution in [3.8, 4) is 5.75 Å². The van der Waals surface area contributed by atoms with Crippen molar-refractivity contribution in [2.45, 2.75) is 32.5 Å². The second-order valence-corrected chi connectivity index (χ2v) is 9.11. The fourth-order valence-corrected chi connectivity index (χ4v) is 4.98. The van der Waals surface area contributed by atoms with Gasteiger partial charge in [-0.3, -0.25) is 9.69 Å². The number of anilines is 1. The Labute approximate surface area is 187 Å². The first-order valence-electron chi connectivity index (χ1n) is 9.40. The molecule has 0 unspecified atom stereocenters. The largest absolute Gasteiger partial charge is 0.481 e. The number of piperazine rings is 1. The van der Waals surface area contributed by atoms with Crippen molar-refractivity contribution in [1.82, 2.24) is 9.80 Å². The van der Waals surface area contributed by atoms with Crippen molar-refractivity contribution in [3.63, 3.8) is 0 Å². The van der Waals surface area contributed by atoms with Crippen LogP contribution >= 0.6 is 31.9 Å². The standard InChI is InChI=1S/C21H24Br2FN3O2/c1-13-10-27(14(2)9-26(13)11-15-3-5-16(24)6-4-15)20(28)12-29-21-18(22)7-17(25)8-19(21)23/h3-8,13-14H,9-12,25H2,1-2H3/t13-,14+/m1/s1. The molecule has 2 N–H and O–H groups in total. The third-order valence-electron chi connectivity index (χ3n) is 5.09. The minimum Gasteiger partial charge on any atom is -0.481 e. The molecular weight excluding hydrogens is 505 g/mol. The molecule has 0 saturated carbocycles. The van der Waals surface area contributed by atoms with Crippen LogP contribution in [0.5, 0.6) is 5.75 Å². The molecule has 1 amide bonds. The van der Waals surface area contributed by atoms with Gasteiger partial charge < -0.3 is 15.4 Å². The van der Waals surface area contributed by atoms with E-state index in [9.17, 15) is 9.18 Å². The first-order valence-corrected chi connectivity index (χ1v) is 11.0. The van der Waals surface area contributed by atoms with Gasteiger partial charge in [0.25, 0.3) is 5.91 Å². The molecule has 0 spiro atoms. The summed E-state index contributed by atoms with van der Waals surface area (Å²) < 4.78 is 20.3. The summed E-state index contributed by atoms with van der Waals surface area (Å²) in [6.07, 6.45) is 0. The van der Waals surface area contributed by atoms with Crippen LogP contribution in [-0.4, -0.2) is 47.5 Å². The lowest BCUT2D eigenvalue weighted by atomic mass is 10.1. The summed E-state index contributed by atoms with van der Waals surface area (Å²) in [5.41, 5.74) is 7.46. The lowest BCUT2D eigenvalue weighted by molar-refractivity contribution is -0.139. The van der Waals surface area contributed by atoms with E-state index in [2.05, 4.69) is 43.7 Å². The second kappa shape index (κ2) is 9.45. The summed E-state index contributed by atoms with van der Waals surface area (Å²) in [6, 6.07) is 10.3.